The van der Waals surface area contributed by atoms with Crippen molar-refractivity contribution in [3.8, 4) is 16.3 Å². The van der Waals surface area contributed by atoms with Crippen molar-refractivity contribution >= 4 is 61.6 Å². The van der Waals surface area contributed by atoms with Gasteiger partial charge in [-0.05, 0) is 91.5 Å². The molecule has 3 heterocycles. The highest BCUT2D eigenvalue weighted by Crippen LogP contribution is 2.57. The molecule has 7 rings (SSSR count). The van der Waals surface area contributed by atoms with Gasteiger partial charge in [0.2, 0.25) is 33.6 Å². The number of carbonyl (C=O) groups excluding carboxylic acids is 5. The van der Waals surface area contributed by atoms with Crippen LogP contribution < -0.4 is 14.8 Å². The van der Waals surface area contributed by atoms with Crippen LogP contribution in [-0.4, -0.2) is 84.4 Å². The van der Waals surface area contributed by atoms with Crippen LogP contribution in [-0.2, 0) is 38.7 Å². The summed E-state index contributed by atoms with van der Waals surface area (Å²) in [6, 6.07) is 10.7. The third-order valence-corrected chi connectivity index (χ3v) is 14.1. The van der Waals surface area contributed by atoms with E-state index in [4.69, 9.17) is 9.47 Å². The number of amides is 3. The van der Waals surface area contributed by atoms with Crippen molar-refractivity contribution in [1.82, 2.24) is 19.9 Å². The Morgan fingerprint density at radius 3 is 2.52 bits per heavy atom. The number of likely N-dealkylation sites (tertiary alicyclic amines) is 1. The maximum absolute atomic E-state index is 14.6. The highest BCUT2D eigenvalue weighted by molar-refractivity contribution is 7.90. The number of nitrogens with zero attached hydrogens (tertiary/aromatic N) is 2. The normalized spacial score (nSPS) is 23.9. The lowest BCUT2D eigenvalue weighted by Crippen LogP contribution is -2.48. The van der Waals surface area contributed by atoms with Crippen molar-refractivity contribution < 1.29 is 41.9 Å². The Labute approximate surface area is 330 Å². The molecule has 13 nitrogen and oxygen atoms in total. The zero-order valence-electron chi connectivity index (χ0n) is 31.0. The maximum Gasteiger partial charge on any atom is 0.306 e. The number of ketones is 1. The number of pyridine rings is 1. The summed E-state index contributed by atoms with van der Waals surface area (Å²) in [6.07, 6.45) is 7.13. The lowest BCUT2D eigenvalue weighted by atomic mass is 9.91. The number of benzene rings is 1. The molecular formula is C41H46N4O9S2. The Kier molecular flexibility index (Phi) is 11.5. The van der Waals surface area contributed by atoms with Gasteiger partial charge in [0.25, 0.3) is 0 Å². The number of Topliss-reactive ketones (excluding diaryl/α,β-unsaturated/α-hetero) is 1. The standard InChI is InChI=1S/C41H46N4O9S2/c1-3-28-21-41(28,40(50)44-56(51,52)31-13-14-31)22-34(46)33-20-30(54-38-32-18-26(35-10-7-17-55-35)12-11-25(32)15-16-42-38)24-45(33)39(49)27(23-43-36(47)4-2)19-37(48)53-29-8-5-6-9-29/h3-4,7,10-12,15-18,27-31,33H,1-2,5-6,8-9,13-14,19-24H2,(H,43,47)(H,44,50)/t27-,28-,30+,33-,41+/m0/s1. The first-order chi connectivity index (χ1) is 26.9. The molecule has 2 aromatic heterocycles. The fourth-order valence-corrected chi connectivity index (χ4v) is 10.1. The van der Waals surface area contributed by atoms with Crippen LogP contribution >= 0.6 is 11.3 Å². The molecule has 0 unspecified atom stereocenters. The Balaban J connectivity index is 1.17. The van der Waals surface area contributed by atoms with Gasteiger partial charge in [0.05, 0.1) is 35.6 Å². The van der Waals surface area contributed by atoms with Crippen molar-refractivity contribution in [2.24, 2.45) is 17.3 Å². The largest absolute Gasteiger partial charge is 0.472 e. The number of allylic oxidation sites excluding steroid dienone is 1. The zero-order valence-corrected chi connectivity index (χ0v) is 32.7. The molecule has 1 aliphatic heterocycles. The molecule has 0 bridgehead atoms. The van der Waals surface area contributed by atoms with E-state index >= 15 is 0 Å². The summed E-state index contributed by atoms with van der Waals surface area (Å²) in [5.74, 6) is -4.12. The fourth-order valence-electron chi connectivity index (χ4n) is 7.95. The van der Waals surface area contributed by atoms with E-state index in [1.807, 2.05) is 41.8 Å². The van der Waals surface area contributed by atoms with Crippen LogP contribution in [0.5, 0.6) is 5.88 Å². The first-order valence-electron chi connectivity index (χ1n) is 19.1. The summed E-state index contributed by atoms with van der Waals surface area (Å²) < 4.78 is 39.9. The molecule has 3 aliphatic carbocycles. The van der Waals surface area contributed by atoms with Gasteiger partial charge in [-0.25, -0.2) is 13.4 Å². The van der Waals surface area contributed by atoms with E-state index in [0.29, 0.717) is 18.7 Å². The molecule has 5 atom stereocenters. The van der Waals surface area contributed by atoms with E-state index in [2.05, 4.69) is 28.2 Å². The molecule has 2 N–H and O–H groups in total. The van der Waals surface area contributed by atoms with Gasteiger partial charge >= 0.3 is 5.97 Å². The van der Waals surface area contributed by atoms with Gasteiger partial charge in [-0.1, -0.05) is 30.9 Å². The SMILES string of the molecule is C=CC(=O)NC[C@H](CC(=O)OC1CCCC1)C(=O)N1C[C@H](Oc2nccc3ccc(-c4cccs4)cc23)C[C@H]1C(=O)C[C@]1(C(=O)NS(=O)(=O)C2CC2)C[C@@H]1C=C. The molecule has 4 aliphatic rings. The van der Waals surface area contributed by atoms with E-state index in [0.717, 1.165) is 53.0 Å². The molecule has 3 amide bonds. The number of ether oxygens (including phenoxy) is 2. The van der Waals surface area contributed by atoms with Crippen LogP contribution in [0, 0.1) is 17.3 Å². The average Bonchev–Trinajstić information content (AvgIpc) is 3.94. The van der Waals surface area contributed by atoms with E-state index in [9.17, 15) is 32.4 Å². The smallest absolute Gasteiger partial charge is 0.306 e. The molecule has 0 spiro atoms. The quantitative estimate of drug-likeness (QED) is 0.109. The first-order valence-corrected chi connectivity index (χ1v) is 21.5. The number of hydrogen-bond acceptors (Lipinski definition) is 11. The zero-order chi connectivity index (χ0) is 39.6. The second-order valence-corrected chi connectivity index (χ2v) is 18.2. The monoisotopic (exact) mass is 802 g/mol. The van der Waals surface area contributed by atoms with Crippen molar-refractivity contribution in [2.75, 3.05) is 13.1 Å². The minimum atomic E-state index is -3.89. The minimum absolute atomic E-state index is 0.0440. The summed E-state index contributed by atoms with van der Waals surface area (Å²) in [4.78, 5) is 75.0. The molecule has 1 aromatic carbocycles. The number of esters is 1. The molecular weight excluding hydrogens is 757 g/mol. The van der Waals surface area contributed by atoms with E-state index < -0.39 is 74.1 Å². The number of sulfonamides is 1. The number of fused-ring (bicyclic) bond motifs is 1. The molecule has 296 valence electrons. The Hall–Kier alpha value is -4.89. The van der Waals surface area contributed by atoms with Crippen molar-refractivity contribution in [3.63, 3.8) is 0 Å². The van der Waals surface area contributed by atoms with Gasteiger partial charge in [0, 0.05) is 35.8 Å². The van der Waals surface area contributed by atoms with Crippen LogP contribution in [0.1, 0.15) is 64.2 Å². The molecule has 3 aromatic rings. The molecule has 1 saturated heterocycles. The van der Waals surface area contributed by atoms with E-state index in [-0.39, 0.29) is 44.9 Å². The molecule has 56 heavy (non-hydrogen) atoms. The number of aromatic nitrogens is 1. The van der Waals surface area contributed by atoms with Crippen LogP contribution in [0.3, 0.4) is 0 Å². The maximum atomic E-state index is 14.6. The van der Waals surface area contributed by atoms with Crippen LogP contribution in [0.15, 0.2) is 73.3 Å². The van der Waals surface area contributed by atoms with Gasteiger partial charge < -0.3 is 19.7 Å². The van der Waals surface area contributed by atoms with Gasteiger partial charge in [-0.2, -0.15) is 0 Å². The van der Waals surface area contributed by atoms with Gasteiger partial charge in [0.1, 0.15) is 12.2 Å². The third-order valence-electron chi connectivity index (χ3n) is 11.4. The van der Waals surface area contributed by atoms with Crippen molar-refractivity contribution in [3.05, 3.63) is 73.3 Å². The van der Waals surface area contributed by atoms with Gasteiger partial charge in [-0.3, -0.25) is 28.7 Å². The average molecular weight is 803 g/mol. The summed E-state index contributed by atoms with van der Waals surface area (Å²) in [6.45, 7) is 7.02. The van der Waals surface area contributed by atoms with Crippen LogP contribution in [0.2, 0.25) is 0 Å². The van der Waals surface area contributed by atoms with Crippen molar-refractivity contribution in [1.29, 1.82) is 0 Å². The first kappa shape index (κ1) is 39.3. The van der Waals surface area contributed by atoms with Gasteiger partial charge in [0.15, 0.2) is 5.78 Å². The number of thiophene rings is 1. The number of hydrogen-bond donors (Lipinski definition) is 2. The minimum Gasteiger partial charge on any atom is -0.472 e. The Morgan fingerprint density at radius 2 is 1.84 bits per heavy atom. The molecule has 15 heteroatoms. The summed E-state index contributed by atoms with van der Waals surface area (Å²) in [7, 11) is -3.89. The lowest BCUT2D eigenvalue weighted by molar-refractivity contribution is -0.154. The lowest BCUT2D eigenvalue weighted by Gasteiger charge is -2.29. The van der Waals surface area contributed by atoms with Gasteiger partial charge in [-0.15, -0.1) is 17.9 Å². The third kappa shape index (κ3) is 8.58. The Bertz CT molecular complexity index is 2150. The fraction of sp³-hybridized carbons (Fsp3) is 0.463. The second kappa shape index (κ2) is 16.3. The van der Waals surface area contributed by atoms with Crippen molar-refractivity contribution in [2.45, 2.75) is 87.7 Å². The van der Waals surface area contributed by atoms with Crippen LogP contribution in [0.25, 0.3) is 21.2 Å². The summed E-state index contributed by atoms with van der Waals surface area (Å²) in [5, 5.41) is 5.60. The predicted molar refractivity (Wildman–Crippen MR) is 210 cm³/mol. The highest BCUT2D eigenvalue weighted by atomic mass is 32.2. The van der Waals surface area contributed by atoms with Crippen LogP contribution in [0.4, 0.5) is 0 Å². The molecule has 4 fully saturated rings. The predicted octanol–water partition coefficient (Wildman–Crippen LogP) is 4.87. The summed E-state index contributed by atoms with van der Waals surface area (Å²) >= 11 is 1.60. The highest BCUT2D eigenvalue weighted by Gasteiger charge is 2.61. The summed E-state index contributed by atoms with van der Waals surface area (Å²) in [5.41, 5.74) is -0.365. The number of carbonyl (C=O) groups is 5. The number of nitrogens with one attached hydrogen (secondary N) is 2. The molecule has 3 saturated carbocycles. The molecule has 0 radical (unpaired) electrons. The van der Waals surface area contributed by atoms with E-state index in [1.54, 1.807) is 23.6 Å². The topological polar surface area (TPSA) is 178 Å². The Morgan fingerprint density at radius 1 is 1.05 bits per heavy atom. The second-order valence-electron chi connectivity index (χ2n) is 15.3. The van der Waals surface area contributed by atoms with E-state index in [1.165, 1.54) is 4.90 Å². The number of rotatable bonds is 17.